The summed E-state index contributed by atoms with van der Waals surface area (Å²) in [5, 5.41) is 4.04. The Morgan fingerprint density at radius 1 is 0.914 bits per heavy atom. The highest BCUT2D eigenvalue weighted by atomic mass is 16.5. The summed E-state index contributed by atoms with van der Waals surface area (Å²) in [6.07, 6.45) is 3.42. The van der Waals surface area contributed by atoms with Crippen LogP contribution in [0.3, 0.4) is 0 Å². The van der Waals surface area contributed by atoms with E-state index in [0.29, 0.717) is 17.0 Å². The molecule has 3 aromatic carbocycles. The molecule has 1 aliphatic heterocycles. The van der Waals surface area contributed by atoms with Gasteiger partial charge in [0, 0.05) is 16.5 Å². The summed E-state index contributed by atoms with van der Waals surface area (Å²) in [5.41, 5.74) is 2.96. The van der Waals surface area contributed by atoms with Gasteiger partial charge in [-0.1, -0.05) is 36.8 Å². The third-order valence-electron chi connectivity index (χ3n) is 6.63. The van der Waals surface area contributed by atoms with E-state index in [4.69, 9.17) is 13.9 Å². The van der Waals surface area contributed by atoms with Crippen LogP contribution in [-0.2, 0) is 0 Å². The summed E-state index contributed by atoms with van der Waals surface area (Å²) < 4.78 is 17.9. The molecule has 1 aromatic heterocycles. The zero-order chi connectivity index (χ0) is 24.2. The standard InChI is InChI=1S/C29H30N2O4/c1-33-21-15-16-24(34-2)23(19-21)27(31-17-9-4-10-18-31)28-26(22-13-7-8-14-25(22)35-28)30-29(32)20-11-5-3-6-12-20/h3,5-8,11-16,19,27H,4,9-10,17-18H2,1-2H3,(H,30,32)/t27-/m0/s1. The average molecular weight is 471 g/mol. The van der Waals surface area contributed by atoms with Crippen LogP contribution in [-0.4, -0.2) is 38.1 Å². The maximum Gasteiger partial charge on any atom is 0.255 e. The molecule has 6 heteroatoms. The van der Waals surface area contributed by atoms with Gasteiger partial charge < -0.3 is 19.2 Å². The largest absolute Gasteiger partial charge is 0.497 e. The molecule has 1 fully saturated rings. The monoisotopic (exact) mass is 470 g/mol. The van der Waals surface area contributed by atoms with E-state index in [1.807, 2.05) is 72.8 Å². The van der Waals surface area contributed by atoms with Gasteiger partial charge in [0.25, 0.3) is 5.91 Å². The number of nitrogens with one attached hydrogen (secondary N) is 1. The van der Waals surface area contributed by atoms with E-state index in [0.717, 1.165) is 54.0 Å². The van der Waals surface area contributed by atoms with Crippen molar-refractivity contribution in [3.63, 3.8) is 0 Å². The number of nitrogens with zero attached hydrogens (tertiary/aromatic N) is 1. The Morgan fingerprint density at radius 3 is 2.40 bits per heavy atom. The van der Waals surface area contributed by atoms with Crippen molar-refractivity contribution in [2.75, 3.05) is 32.6 Å². The van der Waals surface area contributed by atoms with Crippen LogP contribution in [0.1, 0.15) is 47.0 Å². The number of hydrogen-bond acceptors (Lipinski definition) is 5. The first kappa shape index (κ1) is 23.0. The number of carbonyl (C=O) groups is 1. The number of para-hydroxylation sites is 1. The predicted octanol–water partition coefficient (Wildman–Crippen LogP) is 6.28. The lowest BCUT2D eigenvalue weighted by Crippen LogP contribution is -2.35. The molecular weight excluding hydrogens is 440 g/mol. The smallest absolute Gasteiger partial charge is 0.255 e. The highest BCUT2D eigenvalue weighted by molar-refractivity contribution is 6.09. The molecule has 5 rings (SSSR count). The Kier molecular flexibility index (Phi) is 6.73. The molecule has 0 radical (unpaired) electrons. The normalized spacial score (nSPS) is 15.0. The third-order valence-corrected chi connectivity index (χ3v) is 6.63. The lowest BCUT2D eigenvalue weighted by molar-refractivity contribution is 0.102. The number of furan rings is 1. The van der Waals surface area contributed by atoms with Gasteiger partial charge in [-0.25, -0.2) is 0 Å². The molecule has 180 valence electrons. The Balaban J connectivity index is 1.69. The van der Waals surface area contributed by atoms with Crippen molar-refractivity contribution in [3.05, 3.63) is 89.7 Å². The highest BCUT2D eigenvalue weighted by Crippen LogP contribution is 2.44. The molecule has 6 nitrogen and oxygen atoms in total. The number of anilines is 1. The zero-order valence-corrected chi connectivity index (χ0v) is 20.1. The molecule has 0 aliphatic carbocycles. The predicted molar refractivity (Wildman–Crippen MR) is 137 cm³/mol. The Hall–Kier alpha value is -3.77. The second kappa shape index (κ2) is 10.2. The molecular formula is C29H30N2O4. The number of hydrogen-bond donors (Lipinski definition) is 1. The molecule has 1 saturated heterocycles. The summed E-state index contributed by atoms with van der Waals surface area (Å²) in [6, 6.07) is 22.7. The van der Waals surface area contributed by atoms with Crippen LogP contribution in [0.4, 0.5) is 5.69 Å². The Labute approximate surface area is 205 Å². The first-order chi connectivity index (χ1) is 17.2. The maximum absolute atomic E-state index is 13.3. The highest BCUT2D eigenvalue weighted by Gasteiger charge is 2.33. The van der Waals surface area contributed by atoms with Crippen molar-refractivity contribution in [1.82, 2.24) is 4.90 Å². The lowest BCUT2D eigenvalue weighted by Gasteiger charge is -2.35. The molecule has 35 heavy (non-hydrogen) atoms. The second-order valence-electron chi connectivity index (χ2n) is 8.76. The van der Waals surface area contributed by atoms with Gasteiger partial charge >= 0.3 is 0 Å². The van der Waals surface area contributed by atoms with Gasteiger partial charge in [-0.2, -0.15) is 0 Å². The minimum absolute atomic E-state index is 0.173. The van der Waals surface area contributed by atoms with Crippen LogP contribution >= 0.6 is 0 Å². The minimum Gasteiger partial charge on any atom is -0.497 e. The van der Waals surface area contributed by atoms with Crippen molar-refractivity contribution in [3.8, 4) is 11.5 Å². The van der Waals surface area contributed by atoms with E-state index >= 15 is 0 Å². The van der Waals surface area contributed by atoms with Crippen LogP contribution in [0.2, 0.25) is 0 Å². The second-order valence-corrected chi connectivity index (χ2v) is 8.76. The van der Waals surface area contributed by atoms with Crippen molar-refractivity contribution in [2.45, 2.75) is 25.3 Å². The van der Waals surface area contributed by atoms with Gasteiger partial charge in [-0.3, -0.25) is 9.69 Å². The first-order valence-electron chi connectivity index (χ1n) is 12.0. The summed E-state index contributed by atoms with van der Waals surface area (Å²) >= 11 is 0. The number of likely N-dealkylation sites (tertiary alicyclic amines) is 1. The molecule has 0 bridgehead atoms. The summed E-state index contributed by atoms with van der Waals surface area (Å²) in [4.78, 5) is 15.7. The van der Waals surface area contributed by atoms with E-state index < -0.39 is 0 Å². The number of carbonyl (C=O) groups excluding carboxylic acids is 1. The van der Waals surface area contributed by atoms with Crippen LogP contribution < -0.4 is 14.8 Å². The number of benzene rings is 3. The van der Waals surface area contributed by atoms with Gasteiger partial charge in [0.15, 0.2) is 5.76 Å². The number of methoxy groups -OCH3 is 2. The van der Waals surface area contributed by atoms with Crippen LogP contribution in [0.5, 0.6) is 11.5 Å². The molecule has 1 atom stereocenters. The van der Waals surface area contributed by atoms with E-state index in [2.05, 4.69) is 10.2 Å². The quantitative estimate of drug-likeness (QED) is 0.344. The number of fused-ring (bicyclic) bond motifs is 1. The van der Waals surface area contributed by atoms with Crippen molar-refractivity contribution in [2.24, 2.45) is 0 Å². The van der Waals surface area contributed by atoms with E-state index in [-0.39, 0.29) is 11.9 Å². The topological polar surface area (TPSA) is 63.9 Å². The van der Waals surface area contributed by atoms with Crippen LogP contribution in [0.25, 0.3) is 11.0 Å². The van der Waals surface area contributed by atoms with E-state index in [1.165, 1.54) is 6.42 Å². The zero-order valence-electron chi connectivity index (χ0n) is 20.1. The van der Waals surface area contributed by atoms with Crippen LogP contribution in [0.15, 0.2) is 77.2 Å². The average Bonchev–Trinajstić information content (AvgIpc) is 3.27. The van der Waals surface area contributed by atoms with Gasteiger partial charge in [-0.15, -0.1) is 0 Å². The summed E-state index contributed by atoms with van der Waals surface area (Å²) in [7, 11) is 3.34. The van der Waals surface area contributed by atoms with Crippen LogP contribution in [0, 0.1) is 0 Å². The fourth-order valence-electron chi connectivity index (χ4n) is 4.89. The maximum atomic E-state index is 13.3. The SMILES string of the molecule is COc1ccc(OC)c([C@@H](c2oc3ccccc3c2NC(=O)c2ccccc2)N2CCCCC2)c1. The third kappa shape index (κ3) is 4.62. The molecule has 0 saturated carbocycles. The molecule has 0 unspecified atom stereocenters. The molecule has 1 aliphatic rings. The Morgan fingerprint density at radius 2 is 1.66 bits per heavy atom. The number of piperidine rings is 1. The molecule has 1 amide bonds. The van der Waals surface area contributed by atoms with Gasteiger partial charge in [-0.05, 0) is 68.4 Å². The Bertz CT molecular complexity index is 1310. The van der Waals surface area contributed by atoms with E-state index in [9.17, 15) is 4.79 Å². The minimum atomic E-state index is -0.251. The molecule has 0 spiro atoms. The first-order valence-corrected chi connectivity index (χ1v) is 12.0. The van der Waals surface area contributed by atoms with Gasteiger partial charge in [0.05, 0.1) is 25.9 Å². The van der Waals surface area contributed by atoms with Gasteiger partial charge in [0.1, 0.15) is 17.1 Å². The fraction of sp³-hybridized carbons (Fsp3) is 0.276. The molecule has 1 N–H and O–H groups in total. The van der Waals surface area contributed by atoms with E-state index in [1.54, 1.807) is 14.2 Å². The van der Waals surface area contributed by atoms with Crippen molar-refractivity contribution >= 4 is 22.6 Å². The number of amides is 1. The number of rotatable bonds is 7. The molecule has 2 heterocycles. The molecule has 4 aromatic rings. The van der Waals surface area contributed by atoms with Crippen molar-refractivity contribution in [1.29, 1.82) is 0 Å². The van der Waals surface area contributed by atoms with Gasteiger partial charge in [0.2, 0.25) is 0 Å². The summed E-state index contributed by atoms with van der Waals surface area (Å²) in [5.74, 6) is 2.02. The lowest BCUT2D eigenvalue weighted by atomic mass is 9.97. The number of ether oxygens (including phenoxy) is 2. The van der Waals surface area contributed by atoms with Crippen molar-refractivity contribution < 1.29 is 18.7 Å². The summed E-state index contributed by atoms with van der Waals surface area (Å²) in [6.45, 7) is 1.85. The fourth-order valence-corrected chi connectivity index (χ4v) is 4.89.